The van der Waals surface area contributed by atoms with E-state index in [4.69, 9.17) is 14.0 Å². The van der Waals surface area contributed by atoms with Crippen LogP contribution in [0.2, 0.25) is 0 Å². The summed E-state index contributed by atoms with van der Waals surface area (Å²) < 4.78 is 17.0. The Hall–Kier alpha value is -5.54. The number of hydrogen-bond acceptors (Lipinski definition) is 6. The molecule has 0 unspecified atom stereocenters. The molecule has 0 amide bonds. The highest BCUT2D eigenvalue weighted by atomic mass is 16.8. The molecule has 0 fully saturated rings. The van der Waals surface area contributed by atoms with Crippen molar-refractivity contribution >= 4 is 19.1 Å². The van der Waals surface area contributed by atoms with Crippen LogP contribution in [0.15, 0.2) is 23.2 Å². The molecule has 52 heavy (non-hydrogen) atoms. The van der Waals surface area contributed by atoms with Crippen molar-refractivity contribution in [3.8, 4) is 101 Å². The maximum Gasteiger partial charge on any atom is 0.790 e. The molecule has 6 nitrogen and oxygen atoms in total. The fourth-order valence-electron chi connectivity index (χ4n) is 5.47. The molecule has 3 rings (SSSR count). The quantitative estimate of drug-likeness (QED) is 0.0863. The Morgan fingerprint density at radius 2 is 1.23 bits per heavy atom. The van der Waals surface area contributed by atoms with Gasteiger partial charge in [-0.2, -0.15) is 0 Å². The summed E-state index contributed by atoms with van der Waals surface area (Å²) in [5, 5.41) is 0. The summed E-state index contributed by atoms with van der Waals surface area (Å²) in [5.41, 5.74) is 1.57. The molecule has 0 N–H and O–H groups in total. The highest BCUT2D eigenvalue weighted by molar-refractivity contribution is 6.42. The standard InChI is InChI=1S/C45H47BN2O4/c1-3-5-7-9-11-13-15-17-19-21-23-25-27-29-31-37-48-38-36-47-44(48)35-39-50-46-51-43-34-33-41(40-42(43)45(49)52-46)32-30-28-26-24-22-20-18-16-14-12-10-8-6-4-2/h33-34,40H,4,6,8,10,12,14,16,18,20,22,24,26,28,30,32,35-36,38-39H2,1-2H3. The average Bonchev–Trinajstić information content (AvgIpc) is 3.60. The largest absolute Gasteiger partial charge is 0.790 e. The van der Waals surface area contributed by atoms with Crippen molar-refractivity contribution in [3.63, 3.8) is 0 Å². The highest BCUT2D eigenvalue weighted by Crippen LogP contribution is 2.27. The average molecular weight is 691 g/mol. The molecule has 0 saturated heterocycles. The number of rotatable bonds is 19. The van der Waals surface area contributed by atoms with Gasteiger partial charge >= 0.3 is 13.3 Å². The summed E-state index contributed by atoms with van der Waals surface area (Å²) in [7, 11) is -1.11. The van der Waals surface area contributed by atoms with Gasteiger partial charge in [-0.3, -0.25) is 9.89 Å². The van der Waals surface area contributed by atoms with E-state index in [-0.39, 0.29) is 6.61 Å². The number of carbonyl (C=O) groups is 1. The zero-order valence-electron chi connectivity index (χ0n) is 30.8. The van der Waals surface area contributed by atoms with Gasteiger partial charge in [0.1, 0.15) is 11.6 Å². The van der Waals surface area contributed by atoms with Gasteiger partial charge < -0.3 is 14.0 Å². The maximum absolute atomic E-state index is 12.8. The third kappa shape index (κ3) is 17.9. The molecule has 1 aromatic rings. The number of fused-ring (bicyclic) bond motifs is 1. The lowest BCUT2D eigenvalue weighted by Gasteiger charge is -2.22. The predicted molar refractivity (Wildman–Crippen MR) is 210 cm³/mol. The van der Waals surface area contributed by atoms with Crippen molar-refractivity contribution in [2.24, 2.45) is 4.99 Å². The van der Waals surface area contributed by atoms with Crippen LogP contribution in [0.3, 0.4) is 0 Å². The number of aliphatic imine (C=N–C) groups is 1. The molecule has 7 heteroatoms. The molecule has 0 saturated carbocycles. The number of benzene rings is 1. The molecule has 2 aliphatic rings. The number of aryl methyl sites for hydroxylation is 1. The molecule has 0 atom stereocenters. The number of carbonyl (C=O) groups excluding carboxylic acids is 1. The van der Waals surface area contributed by atoms with Crippen LogP contribution in [-0.2, 0) is 15.7 Å². The number of unbranched alkanes of at least 4 members (excludes halogenated alkanes) is 13. The SMILES string of the molecule is CC#CC#CC#CC#CC#CC#CC#CC#CN1CCN=C1CCOB1OC(=O)c2cc(CCCCCCCCCCCCCCCC)ccc2O1. The fourth-order valence-corrected chi connectivity index (χ4v) is 5.47. The van der Waals surface area contributed by atoms with E-state index in [1.54, 1.807) is 6.92 Å². The van der Waals surface area contributed by atoms with Crippen molar-refractivity contribution in [2.45, 2.75) is 117 Å². The van der Waals surface area contributed by atoms with E-state index in [9.17, 15) is 4.79 Å². The van der Waals surface area contributed by atoms with Crippen LogP contribution in [0.1, 0.15) is 126 Å². The van der Waals surface area contributed by atoms with Gasteiger partial charge in [0, 0.05) is 60.5 Å². The Labute approximate surface area is 313 Å². The molecule has 0 bridgehead atoms. The molecule has 264 valence electrons. The van der Waals surface area contributed by atoms with Crippen LogP contribution in [0.4, 0.5) is 0 Å². The Kier molecular flexibility index (Phi) is 21.4. The molecule has 0 spiro atoms. The molecule has 0 aliphatic carbocycles. The summed E-state index contributed by atoms with van der Waals surface area (Å²) in [6, 6.07) is 8.73. The van der Waals surface area contributed by atoms with E-state index in [2.05, 4.69) is 107 Å². The topological polar surface area (TPSA) is 60.4 Å². The third-order valence-electron chi connectivity index (χ3n) is 8.15. The van der Waals surface area contributed by atoms with Gasteiger partial charge in [-0.25, -0.2) is 4.79 Å². The van der Waals surface area contributed by atoms with Crippen LogP contribution in [0, 0.1) is 94.9 Å². The molecular weight excluding hydrogens is 643 g/mol. The van der Waals surface area contributed by atoms with Crippen molar-refractivity contribution in [3.05, 3.63) is 29.3 Å². The zero-order valence-corrected chi connectivity index (χ0v) is 30.8. The first-order valence-corrected chi connectivity index (χ1v) is 18.6. The first-order chi connectivity index (χ1) is 25.7. The predicted octanol–water partition coefficient (Wildman–Crippen LogP) is 7.37. The summed E-state index contributed by atoms with van der Waals surface area (Å²) in [6.45, 7) is 5.50. The van der Waals surface area contributed by atoms with Crippen LogP contribution in [0.25, 0.3) is 0 Å². The first-order valence-electron chi connectivity index (χ1n) is 18.6. The highest BCUT2D eigenvalue weighted by Gasteiger charge is 2.37. The Balaban J connectivity index is 1.29. The van der Waals surface area contributed by atoms with Gasteiger partial charge in [0.15, 0.2) is 0 Å². The van der Waals surface area contributed by atoms with Gasteiger partial charge in [-0.15, -0.1) is 0 Å². The third-order valence-corrected chi connectivity index (χ3v) is 8.15. The Bertz CT molecular complexity index is 1870. The smallest absolute Gasteiger partial charge is 0.500 e. The molecule has 2 aliphatic heterocycles. The second-order valence-electron chi connectivity index (χ2n) is 12.2. The van der Waals surface area contributed by atoms with Crippen molar-refractivity contribution < 1.29 is 18.8 Å². The van der Waals surface area contributed by atoms with Crippen molar-refractivity contribution in [1.82, 2.24) is 4.90 Å². The van der Waals surface area contributed by atoms with E-state index >= 15 is 0 Å². The van der Waals surface area contributed by atoms with E-state index in [1.165, 1.54) is 83.5 Å². The minimum atomic E-state index is -1.11. The van der Waals surface area contributed by atoms with Gasteiger partial charge in [-0.1, -0.05) is 102 Å². The lowest BCUT2D eigenvalue weighted by molar-refractivity contribution is 0.0570. The van der Waals surface area contributed by atoms with E-state index in [0.717, 1.165) is 24.2 Å². The Morgan fingerprint density at radius 3 is 1.81 bits per heavy atom. The van der Waals surface area contributed by atoms with Gasteiger partial charge in [0.05, 0.1) is 18.7 Å². The van der Waals surface area contributed by atoms with Crippen molar-refractivity contribution in [2.75, 3.05) is 19.7 Å². The number of hydrogen-bond donors (Lipinski definition) is 0. The lowest BCUT2D eigenvalue weighted by Crippen LogP contribution is -2.38. The summed E-state index contributed by atoms with van der Waals surface area (Å²) in [4.78, 5) is 19.1. The minimum Gasteiger partial charge on any atom is -0.500 e. The molecule has 0 radical (unpaired) electrons. The summed E-state index contributed by atoms with van der Waals surface area (Å²) in [5.74, 6) is 39.8. The maximum atomic E-state index is 12.8. The monoisotopic (exact) mass is 690 g/mol. The van der Waals surface area contributed by atoms with E-state index in [1.807, 2.05) is 23.1 Å². The fraction of sp³-hybridized carbons (Fsp3) is 0.467. The van der Waals surface area contributed by atoms with Crippen LogP contribution in [0.5, 0.6) is 5.75 Å². The number of amidine groups is 1. The Morgan fingerprint density at radius 1 is 0.692 bits per heavy atom. The molecular formula is C45H47BN2O4. The lowest BCUT2D eigenvalue weighted by atomic mass is 10.0. The zero-order chi connectivity index (χ0) is 36.7. The second-order valence-corrected chi connectivity index (χ2v) is 12.2. The summed E-state index contributed by atoms with van der Waals surface area (Å²) >= 11 is 0. The van der Waals surface area contributed by atoms with E-state index in [0.29, 0.717) is 30.8 Å². The normalized spacial score (nSPS) is 11.7. The second kappa shape index (κ2) is 27.2. The molecule has 2 heterocycles. The van der Waals surface area contributed by atoms with Gasteiger partial charge in [0.2, 0.25) is 0 Å². The van der Waals surface area contributed by atoms with Crippen LogP contribution in [-0.4, -0.2) is 43.7 Å². The van der Waals surface area contributed by atoms with Crippen molar-refractivity contribution in [1.29, 1.82) is 0 Å². The van der Waals surface area contributed by atoms with Crippen LogP contribution < -0.4 is 4.65 Å². The molecule has 0 aromatic heterocycles. The minimum absolute atomic E-state index is 0.243. The van der Waals surface area contributed by atoms with Crippen LogP contribution >= 0.6 is 0 Å². The number of nitrogens with zero attached hydrogens (tertiary/aromatic N) is 2. The van der Waals surface area contributed by atoms with E-state index < -0.39 is 13.3 Å². The van der Waals surface area contributed by atoms with Gasteiger partial charge in [-0.05, 0) is 78.9 Å². The first kappa shape index (κ1) is 40.9. The van der Waals surface area contributed by atoms with Gasteiger partial charge in [0.25, 0.3) is 0 Å². The molecule has 1 aromatic carbocycles. The summed E-state index contributed by atoms with van der Waals surface area (Å²) in [6.07, 6.45) is 20.1.